The van der Waals surface area contributed by atoms with E-state index in [1.807, 2.05) is 0 Å². The maximum atomic E-state index is 14.1. The highest BCUT2D eigenvalue weighted by Crippen LogP contribution is 2.28. The molecule has 0 fully saturated rings. The quantitative estimate of drug-likeness (QED) is 0.177. The Morgan fingerprint density at radius 2 is 1.85 bits per heavy atom. The van der Waals surface area contributed by atoms with Crippen LogP contribution in [0.25, 0.3) is 0 Å². The molecular weight excluding hydrogens is 553 g/mol. The molecule has 1 atom stereocenters. The number of rotatable bonds is 10. The van der Waals surface area contributed by atoms with Gasteiger partial charge in [-0.05, 0) is 42.3 Å². The average Bonchev–Trinajstić information content (AvgIpc) is 3.24. The first-order valence-corrected chi connectivity index (χ1v) is 13.0. The summed E-state index contributed by atoms with van der Waals surface area (Å²) < 4.78 is 19.8. The Morgan fingerprint density at radius 3 is 2.51 bits per heavy atom. The number of benzene rings is 3. The molecule has 1 heterocycles. The first-order chi connectivity index (χ1) is 19.5. The molecule has 2 amide bonds. The molecular formula is C29H31ClFN5O5. The number of carboxylic acids is 1. The third-order valence-electron chi connectivity index (χ3n) is 6.04. The molecule has 1 aliphatic rings. The van der Waals surface area contributed by atoms with Crippen molar-refractivity contribution in [2.24, 2.45) is 5.73 Å². The van der Waals surface area contributed by atoms with Crippen LogP contribution < -0.4 is 16.4 Å². The number of nitrogens with two attached hydrogens (primary N) is 1. The number of nitrogens with zero attached hydrogens (tertiary/aromatic N) is 1. The summed E-state index contributed by atoms with van der Waals surface area (Å²) in [7, 11) is 0. The molecule has 0 saturated heterocycles. The van der Waals surface area contributed by atoms with Crippen molar-refractivity contribution in [3.05, 3.63) is 99.3 Å². The second kappa shape index (κ2) is 14.2. The van der Waals surface area contributed by atoms with Crippen molar-refractivity contribution in [3.8, 4) is 0 Å². The van der Waals surface area contributed by atoms with Crippen molar-refractivity contribution in [2.45, 2.75) is 39.7 Å². The van der Waals surface area contributed by atoms with Crippen LogP contribution in [-0.2, 0) is 34.0 Å². The minimum absolute atomic E-state index is 0.0982. The van der Waals surface area contributed by atoms with Gasteiger partial charge in [-0.15, -0.1) is 0 Å². The summed E-state index contributed by atoms with van der Waals surface area (Å²) in [4.78, 5) is 36.5. The van der Waals surface area contributed by atoms with Gasteiger partial charge < -0.3 is 31.1 Å². The van der Waals surface area contributed by atoms with Crippen LogP contribution >= 0.6 is 11.6 Å². The van der Waals surface area contributed by atoms with Crippen LogP contribution in [0.2, 0.25) is 5.02 Å². The van der Waals surface area contributed by atoms with Gasteiger partial charge in [-0.2, -0.15) is 0 Å². The average molecular weight is 584 g/mol. The predicted molar refractivity (Wildman–Crippen MR) is 153 cm³/mol. The van der Waals surface area contributed by atoms with Gasteiger partial charge in [0.05, 0.1) is 0 Å². The summed E-state index contributed by atoms with van der Waals surface area (Å²) in [5.74, 6) is -2.10. The van der Waals surface area contributed by atoms with Gasteiger partial charge in [-0.3, -0.25) is 19.8 Å². The number of amidine groups is 1. The maximum absolute atomic E-state index is 14.1. The Labute approximate surface area is 241 Å². The molecule has 216 valence electrons. The highest BCUT2D eigenvalue weighted by molar-refractivity contribution is 6.31. The first-order valence-electron chi connectivity index (χ1n) is 12.6. The summed E-state index contributed by atoms with van der Waals surface area (Å²) in [5.41, 5.74) is 9.09. The maximum Gasteiger partial charge on any atom is 0.300 e. The van der Waals surface area contributed by atoms with Crippen LogP contribution in [0.1, 0.15) is 46.5 Å². The van der Waals surface area contributed by atoms with Gasteiger partial charge >= 0.3 is 0 Å². The van der Waals surface area contributed by atoms with E-state index in [1.54, 1.807) is 61.5 Å². The van der Waals surface area contributed by atoms with Crippen LogP contribution in [0.3, 0.4) is 0 Å². The lowest BCUT2D eigenvalue weighted by atomic mass is 10.1. The highest BCUT2D eigenvalue weighted by Gasteiger charge is 2.37. The third kappa shape index (κ3) is 8.26. The molecule has 0 radical (unpaired) electrons. The largest absolute Gasteiger partial charge is 0.481 e. The van der Waals surface area contributed by atoms with Gasteiger partial charge in [0.15, 0.2) is 0 Å². The van der Waals surface area contributed by atoms with Crippen LogP contribution in [-0.4, -0.2) is 46.5 Å². The van der Waals surface area contributed by atoms with E-state index in [4.69, 9.17) is 37.4 Å². The second-order valence-electron chi connectivity index (χ2n) is 9.01. The molecule has 41 heavy (non-hydrogen) atoms. The van der Waals surface area contributed by atoms with Crippen LogP contribution in [0.4, 0.5) is 10.1 Å². The fraction of sp³-hybridized carbons (Fsp3) is 0.241. The normalized spacial score (nSPS) is 12.6. The molecule has 1 unspecified atom stereocenters. The number of fused-ring (bicyclic) bond motifs is 1. The van der Waals surface area contributed by atoms with Gasteiger partial charge in [0.25, 0.3) is 17.8 Å². The fourth-order valence-corrected chi connectivity index (χ4v) is 4.29. The Hall–Kier alpha value is -4.48. The lowest BCUT2D eigenvalue weighted by Gasteiger charge is -2.26. The number of carbonyl (C=O) groups is 3. The standard InChI is InChI=1S/C27H27ClFN5O3.C2H4O2/c1-2-37-27(34-15-19-9-10-20(28)12-21(19)26(34)36)25(35)33-14-18-8-7-16(24(30)31)11-23(18)32-13-17-5-3-4-6-22(17)29;1-2(3)4/h3-12,27,32H,2,13-15H2,1H3,(H3,30,31)(H,33,35);1H3,(H,3,4). The molecule has 1 aliphatic heterocycles. The molecule has 12 heteroatoms. The number of hydrogen-bond acceptors (Lipinski definition) is 6. The Kier molecular flexibility index (Phi) is 10.8. The number of hydrogen-bond donors (Lipinski definition) is 5. The number of nitrogens with one attached hydrogen (secondary N) is 3. The van der Waals surface area contributed by atoms with Gasteiger partial charge in [-0.25, -0.2) is 4.39 Å². The molecule has 4 rings (SSSR count). The molecule has 0 aromatic heterocycles. The topological polar surface area (TPSA) is 158 Å². The van der Waals surface area contributed by atoms with Crippen molar-refractivity contribution < 1.29 is 28.6 Å². The van der Waals surface area contributed by atoms with E-state index in [0.717, 1.165) is 12.5 Å². The van der Waals surface area contributed by atoms with E-state index >= 15 is 0 Å². The Morgan fingerprint density at radius 1 is 1.15 bits per heavy atom. The highest BCUT2D eigenvalue weighted by atomic mass is 35.5. The van der Waals surface area contributed by atoms with Crippen LogP contribution in [0.5, 0.6) is 0 Å². The lowest BCUT2D eigenvalue weighted by Crippen LogP contribution is -2.48. The van der Waals surface area contributed by atoms with Crippen molar-refractivity contribution in [2.75, 3.05) is 11.9 Å². The molecule has 6 N–H and O–H groups in total. The first kappa shape index (κ1) is 31.1. The van der Waals surface area contributed by atoms with Crippen molar-refractivity contribution in [1.29, 1.82) is 5.41 Å². The van der Waals surface area contributed by atoms with E-state index in [-0.39, 0.29) is 43.8 Å². The third-order valence-corrected chi connectivity index (χ3v) is 6.27. The minimum atomic E-state index is -1.13. The number of ether oxygens (including phenoxy) is 1. The van der Waals surface area contributed by atoms with Crippen LogP contribution in [0.15, 0.2) is 60.7 Å². The summed E-state index contributed by atoms with van der Waals surface area (Å²) in [5, 5.41) is 21.6. The van der Waals surface area contributed by atoms with Gasteiger partial charge in [-0.1, -0.05) is 48.0 Å². The number of nitrogen functional groups attached to an aromatic ring is 1. The molecule has 3 aromatic carbocycles. The van der Waals surface area contributed by atoms with E-state index in [0.29, 0.717) is 33.0 Å². The summed E-state index contributed by atoms with van der Waals surface area (Å²) in [6.07, 6.45) is -1.13. The fourth-order valence-electron chi connectivity index (χ4n) is 4.11. The van der Waals surface area contributed by atoms with E-state index < -0.39 is 18.1 Å². The zero-order valence-corrected chi connectivity index (χ0v) is 23.3. The van der Waals surface area contributed by atoms with E-state index in [2.05, 4.69) is 10.6 Å². The van der Waals surface area contributed by atoms with E-state index in [9.17, 15) is 14.0 Å². The zero-order valence-electron chi connectivity index (χ0n) is 22.5. The number of aliphatic carboxylic acids is 1. The van der Waals surface area contributed by atoms with Crippen molar-refractivity contribution >= 4 is 40.9 Å². The van der Waals surface area contributed by atoms with Crippen molar-refractivity contribution in [3.63, 3.8) is 0 Å². The minimum Gasteiger partial charge on any atom is -0.481 e. The molecule has 0 bridgehead atoms. The Balaban J connectivity index is 0.00000108. The van der Waals surface area contributed by atoms with Crippen LogP contribution in [0, 0.1) is 11.2 Å². The number of carbonyl (C=O) groups excluding carboxylic acids is 2. The molecule has 0 aliphatic carbocycles. The number of anilines is 1. The Bertz CT molecular complexity index is 1450. The SMILES string of the molecule is CC(=O)O.CCOC(C(=O)NCc1ccc(C(=N)N)cc1NCc1ccccc1F)N1Cc2ccc(Cl)cc2C1=O. The smallest absolute Gasteiger partial charge is 0.300 e. The van der Waals surface area contributed by atoms with Gasteiger partial charge in [0.2, 0.25) is 6.23 Å². The zero-order chi connectivity index (χ0) is 30.1. The molecule has 3 aromatic rings. The van der Waals surface area contributed by atoms with Gasteiger partial charge in [0.1, 0.15) is 11.7 Å². The summed E-state index contributed by atoms with van der Waals surface area (Å²) >= 11 is 6.05. The van der Waals surface area contributed by atoms with Gasteiger partial charge in [0, 0.05) is 60.6 Å². The number of amides is 2. The number of halogens is 2. The van der Waals surface area contributed by atoms with E-state index in [1.165, 1.54) is 11.0 Å². The predicted octanol–water partition coefficient (Wildman–Crippen LogP) is 4.10. The second-order valence-corrected chi connectivity index (χ2v) is 9.45. The number of carboxylic acid groups (broad SMARTS) is 1. The summed E-state index contributed by atoms with van der Waals surface area (Å²) in [6.45, 7) is 3.57. The molecule has 0 saturated carbocycles. The van der Waals surface area contributed by atoms with Crippen molar-refractivity contribution in [1.82, 2.24) is 10.2 Å². The molecule has 0 spiro atoms. The summed E-state index contributed by atoms with van der Waals surface area (Å²) in [6, 6.07) is 16.5. The monoisotopic (exact) mass is 583 g/mol. The lowest BCUT2D eigenvalue weighted by molar-refractivity contribution is -0.143. The molecule has 10 nitrogen and oxygen atoms in total.